The van der Waals surface area contributed by atoms with Gasteiger partial charge in [0.15, 0.2) is 0 Å². The minimum Gasteiger partial charge on any atom is -0.338 e. The van der Waals surface area contributed by atoms with Gasteiger partial charge in [0.25, 0.3) is 0 Å². The molecule has 1 fully saturated rings. The molecule has 10 heteroatoms. The minimum atomic E-state index is -3.48. The summed E-state index contributed by atoms with van der Waals surface area (Å²) in [5.74, 6) is 0.944. The molecule has 0 aliphatic carbocycles. The van der Waals surface area contributed by atoms with Crippen LogP contribution in [0.5, 0.6) is 0 Å². The standard InChI is InChI=1S/C22H23FN6O2S/c23-20-7-5-18(6-8-20)19-16-26-22(27-17-19)28-11-13-29(14-12-28)32(30,31)15-2-1-4-21-24-9-3-10-25-21/h2-3,5-10,15-17H,1,4,11-14H2/b15-2+. The normalized spacial score (nSPS) is 15.3. The maximum atomic E-state index is 13.1. The lowest BCUT2D eigenvalue weighted by molar-refractivity contribution is 0.387. The number of nitrogens with zero attached hydrogens (tertiary/aromatic N) is 6. The average molecular weight is 455 g/mol. The number of aromatic nitrogens is 4. The monoisotopic (exact) mass is 454 g/mol. The molecule has 2 aromatic heterocycles. The van der Waals surface area contributed by atoms with Gasteiger partial charge in [0.05, 0.1) is 0 Å². The Balaban J connectivity index is 1.30. The predicted molar refractivity (Wildman–Crippen MR) is 120 cm³/mol. The van der Waals surface area contributed by atoms with E-state index in [1.54, 1.807) is 49.1 Å². The number of rotatable bonds is 7. The van der Waals surface area contributed by atoms with E-state index in [4.69, 9.17) is 0 Å². The first-order valence-corrected chi connectivity index (χ1v) is 11.8. The van der Waals surface area contributed by atoms with Crippen molar-refractivity contribution in [3.05, 3.63) is 78.2 Å². The maximum absolute atomic E-state index is 13.1. The van der Waals surface area contributed by atoms with Gasteiger partial charge in [-0.3, -0.25) is 0 Å². The highest BCUT2D eigenvalue weighted by molar-refractivity contribution is 7.92. The third kappa shape index (κ3) is 5.51. The van der Waals surface area contributed by atoms with Gasteiger partial charge in [-0.25, -0.2) is 32.7 Å². The van der Waals surface area contributed by atoms with Crippen LogP contribution in [-0.2, 0) is 16.4 Å². The summed E-state index contributed by atoms with van der Waals surface area (Å²) in [6, 6.07) is 7.89. The van der Waals surface area contributed by atoms with Gasteiger partial charge < -0.3 is 4.90 Å². The molecule has 0 unspecified atom stereocenters. The van der Waals surface area contributed by atoms with Gasteiger partial charge in [-0.2, -0.15) is 4.31 Å². The lowest BCUT2D eigenvalue weighted by atomic mass is 10.1. The van der Waals surface area contributed by atoms with Crippen molar-refractivity contribution in [3.63, 3.8) is 0 Å². The second kappa shape index (κ2) is 9.92. The topological polar surface area (TPSA) is 92.2 Å². The van der Waals surface area contributed by atoms with Crippen molar-refractivity contribution in [2.45, 2.75) is 12.8 Å². The molecule has 3 aromatic rings. The zero-order valence-electron chi connectivity index (χ0n) is 17.4. The van der Waals surface area contributed by atoms with Crippen molar-refractivity contribution in [1.82, 2.24) is 24.2 Å². The van der Waals surface area contributed by atoms with E-state index in [1.165, 1.54) is 21.8 Å². The van der Waals surface area contributed by atoms with Gasteiger partial charge >= 0.3 is 0 Å². The molecule has 3 heterocycles. The van der Waals surface area contributed by atoms with Gasteiger partial charge in [0, 0.05) is 68.4 Å². The molecule has 0 bridgehead atoms. The Morgan fingerprint density at radius 1 is 0.906 bits per heavy atom. The quantitative estimate of drug-likeness (QED) is 0.542. The first kappa shape index (κ1) is 22.0. The summed E-state index contributed by atoms with van der Waals surface area (Å²) in [6.07, 6.45) is 9.51. The number of piperazine rings is 1. The molecule has 1 aliphatic heterocycles. The van der Waals surface area contributed by atoms with Crippen LogP contribution in [0.4, 0.5) is 10.3 Å². The number of allylic oxidation sites excluding steroid dienone is 1. The molecule has 4 rings (SSSR count). The van der Waals surface area contributed by atoms with Crippen molar-refractivity contribution < 1.29 is 12.8 Å². The molecule has 0 atom stereocenters. The molecular formula is C22H23FN6O2S. The molecule has 1 saturated heterocycles. The van der Waals surface area contributed by atoms with Crippen LogP contribution < -0.4 is 4.90 Å². The Kier molecular flexibility index (Phi) is 6.81. The number of benzene rings is 1. The van der Waals surface area contributed by atoms with E-state index in [9.17, 15) is 12.8 Å². The highest BCUT2D eigenvalue weighted by atomic mass is 32.2. The molecule has 1 aliphatic rings. The Labute approximate surface area is 186 Å². The van der Waals surface area contributed by atoms with Gasteiger partial charge in [-0.15, -0.1) is 0 Å². The fraction of sp³-hybridized carbons (Fsp3) is 0.273. The van der Waals surface area contributed by atoms with Crippen LogP contribution in [0.25, 0.3) is 11.1 Å². The number of sulfonamides is 1. The van der Waals surface area contributed by atoms with Crippen molar-refractivity contribution in [3.8, 4) is 11.1 Å². The number of anilines is 1. The molecular weight excluding hydrogens is 431 g/mol. The van der Waals surface area contributed by atoms with Gasteiger partial charge in [0.1, 0.15) is 11.6 Å². The van der Waals surface area contributed by atoms with Crippen LogP contribution in [0.3, 0.4) is 0 Å². The van der Waals surface area contributed by atoms with Crippen molar-refractivity contribution in [1.29, 1.82) is 0 Å². The fourth-order valence-electron chi connectivity index (χ4n) is 3.37. The summed E-state index contributed by atoms with van der Waals surface area (Å²) in [6.45, 7) is 1.72. The summed E-state index contributed by atoms with van der Waals surface area (Å²) in [4.78, 5) is 19.0. The third-order valence-electron chi connectivity index (χ3n) is 5.12. The van der Waals surface area contributed by atoms with Gasteiger partial charge in [0.2, 0.25) is 16.0 Å². The van der Waals surface area contributed by atoms with E-state index in [1.807, 2.05) is 4.90 Å². The summed E-state index contributed by atoms with van der Waals surface area (Å²) in [7, 11) is -3.48. The van der Waals surface area contributed by atoms with Gasteiger partial charge in [-0.05, 0) is 30.2 Å². The molecule has 166 valence electrons. The zero-order chi connectivity index (χ0) is 22.4. The number of hydrogen-bond donors (Lipinski definition) is 0. The second-order valence-corrected chi connectivity index (χ2v) is 9.10. The lowest BCUT2D eigenvalue weighted by Gasteiger charge is -2.33. The van der Waals surface area contributed by atoms with Crippen LogP contribution in [0.15, 0.2) is 66.6 Å². The van der Waals surface area contributed by atoms with E-state index >= 15 is 0 Å². The Bertz CT molecular complexity index is 1150. The largest absolute Gasteiger partial charge is 0.338 e. The predicted octanol–water partition coefficient (Wildman–Crippen LogP) is 2.67. The molecule has 0 radical (unpaired) electrons. The third-order valence-corrected chi connectivity index (χ3v) is 6.74. The van der Waals surface area contributed by atoms with E-state index in [0.717, 1.165) is 11.1 Å². The van der Waals surface area contributed by atoms with E-state index in [0.29, 0.717) is 50.8 Å². The summed E-state index contributed by atoms with van der Waals surface area (Å²) >= 11 is 0. The fourth-order valence-corrected chi connectivity index (χ4v) is 4.59. The zero-order valence-corrected chi connectivity index (χ0v) is 18.2. The Morgan fingerprint density at radius 2 is 1.56 bits per heavy atom. The molecule has 8 nitrogen and oxygen atoms in total. The summed E-state index contributed by atoms with van der Waals surface area (Å²) in [5.41, 5.74) is 1.63. The van der Waals surface area contributed by atoms with Crippen molar-refractivity contribution in [2.24, 2.45) is 0 Å². The number of halogens is 1. The van der Waals surface area contributed by atoms with Crippen LogP contribution in [-0.4, -0.2) is 58.8 Å². The van der Waals surface area contributed by atoms with Crippen LogP contribution >= 0.6 is 0 Å². The lowest BCUT2D eigenvalue weighted by Crippen LogP contribution is -2.48. The van der Waals surface area contributed by atoms with Crippen LogP contribution in [0.2, 0.25) is 0 Å². The average Bonchev–Trinajstić information content (AvgIpc) is 2.83. The van der Waals surface area contributed by atoms with E-state index in [2.05, 4.69) is 19.9 Å². The summed E-state index contributed by atoms with van der Waals surface area (Å²) < 4.78 is 39.7. The highest BCUT2D eigenvalue weighted by Gasteiger charge is 2.26. The molecule has 0 amide bonds. The molecule has 0 spiro atoms. The highest BCUT2D eigenvalue weighted by Crippen LogP contribution is 2.20. The first-order valence-electron chi connectivity index (χ1n) is 10.3. The maximum Gasteiger partial charge on any atom is 0.236 e. The first-order chi connectivity index (χ1) is 15.5. The van der Waals surface area contributed by atoms with Gasteiger partial charge in [-0.1, -0.05) is 18.2 Å². The van der Waals surface area contributed by atoms with Crippen molar-refractivity contribution in [2.75, 3.05) is 31.1 Å². The Morgan fingerprint density at radius 3 is 2.22 bits per heavy atom. The Hall–Kier alpha value is -3.24. The van der Waals surface area contributed by atoms with Crippen LogP contribution in [0, 0.1) is 5.82 Å². The summed E-state index contributed by atoms with van der Waals surface area (Å²) in [5, 5.41) is 1.26. The molecule has 0 saturated carbocycles. The van der Waals surface area contributed by atoms with Crippen molar-refractivity contribution >= 4 is 16.0 Å². The van der Waals surface area contributed by atoms with E-state index in [-0.39, 0.29) is 5.82 Å². The number of aryl methyl sites for hydroxylation is 1. The molecule has 0 N–H and O–H groups in total. The van der Waals surface area contributed by atoms with Crippen LogP contribution in [0.1, 0.15) is 12.2 Å². The smallest absolute Gasteiger partial charge is 0.236 e. The minimum absolute atomic E-state index is 0.292. The second-order valence-electron chi connectivity index (χ2n) is 7.29. The number of hydrogen-bond acceptors (Lipinski definition) is 7. The molecule has 32 heavy (non-hydrogen) atoms. The van der Waals surface area contributed by atoms with E-state index < -0.39 is 10.0 Å². The SMILES string of the molecule is O=S(=O)(/C=C/CCc1ncccn1)N1CCN(c2ncc(-c3ccc(F)cc3)cn2)CC1. The molecule has 1 aromatic carbocycles.